The van der Waals surface area contributed by atoms with Crippen LogP contribution in [0.15, 0.2) is 83.3 Å². The zero-order valence-corrected chi connectivity index (χ0v) is 19.8. The highest BCUT2D eigenvalue weighted by Crippen LogP contribution is 2.27. The van der Waals surface area contributed by atoms with E-state index >= 15 is 0 Å². The number of rotatable bonds is 8. The van der Waals surface area contributed by atoms with Gasteiger partial charge in [0, 0.05) is 5.56 Å². The summed E-state index contributed by atoms with van der Waals surface area (Å²) in [4.78, 5) is 25.6. The highest BCUT2D eigenvalue weighted by molar-refractivity contribution is 9.10. The van der Waals surface area contributed by atoms with Crippen LogP contribution in [0, 0.1) is 5.92 Å². The third-order valence-electron chi connectivity index (χ3n) is 4.97. The fourth-order valence-electron chi connectivity index (χ4n) is 3.21. The second kappa shape index (κ2) is 11.5. The molecule has 0 saturated heterocycles. The summed E-state index contributed by atoms with van der Waals surface area (Å²) in [5.41, 5.74) is 7.19. The Morgan fingerprint density at radius 1 is 0.875 bits per heavy atom. The molecule has 166 valence electrons. The van der Waals surface area contributed by atoms with Crippen LogP contribution in [-0.2, 0) is 4.79 Å². The van der Waals surface area contributed by atoms with Gasteiger partial charge in [0.25, 0.3) is 5.91 Å². The Labute approximate surface area is 197 Å². The highest BCUT2D eigenvalue weighted by Gasteiger charge is 2.23. The zero-order valence-electron chi connectivity index (χ0n) is 18.2. The molecular formula is C26H27BrN2O3. The van der Waals surface area contributed by atoms with Gasteiger partial charge in [0.2, 0.25) is 5.91 Å². The second-order valence-corrected chi connectivity index (χ2v) is 8.73. The van der Waals surface area contributed by atoms with Crippen LogP contribution in [-0.4, -0.2) is 18.4 Å². The fourth-order valence-corrected chi connectivity index (χ4v) is 3.71. The summed E-state index contributed by atoms with van der Waals surface area (Å²) in [7, 11) is 0. The maximum Gasteiger partial charge on any atom is 0.269 e. The molecule has 0 aliphatic carbocycles. The average Bonchev–Trinajstić information content (AvgIpc) is 2.80. The minimum atomic E-state index is -0.541. The Bertz CT molecular complexity index is 1000. The van der Waals surface area contributed by atoms with Gasteiger partial charge in [0.15, 0.2) is 0 Å². The maximum atomic E-state index is 13.0. The third kappa shape index (κ3) is 6.44. The van der Waals surface area contributed by atoms with E-state index in [1.165, 1.54) is 0 Å². The monoisotopic (exact) mass is 494 g/mol. The van der Waals surface area contributed by atoms with Crippen LogP contribution < -0.4 is 15.6 Å². The molecule has 0 spiro atoms. The molecule has 2 amide bonds. The highest BCUT2D eigenvalue weighted by atomic mass is 79.9. The summed E-state index contributed by atoms with van der Waals surface area (Å²) in [6, 6.07) is 24.0. The Morgan fingerprint density at radius 2 is 1.47 bits per heavy atom. The van der Waals surface area contributed by atoms with Gasteiger partial charge in [-0.15, -0.1) is 0 Å². The van der Waals surface area contributed by atoms with Gasteiger partial charge in [-0.25, -0.2) is 0 Å². The van der Waals surface area contributed by atoms with E-state index in [4.69, 9.17) is 4.74 Å². The van der Waals surface area contributed by atoms with Gasteiger partial charge in [-0.2, -0.15) is 0 Å². The summed E-state index contributed by atoms with van der Waals surface area (Å²) in [6.07, 6.45) is 0.949. The minimum absolute atomic E-state index is 0.316. The van der Waals surface area contributed by atoms with Crippen molar-refractivity contribution in [3.8, 4) is 5.75 Å². The first-order chi connectivity index (χ1) is 15.5. The van der Waals surface area contributed by atoms with Crippen molar-refractivity contribution in [3.05, 3.63) is 100 Å². The number of hydrogen-bond acceptors (Lipinski definition) is 3. The van der Waals surface area contributed by atoms with Gasteiger partial charge in [-0.05, 0) is 57.6 Å². The van der Waals surface area contributed by atoms with Crippen molar-refractivity contribution in [3.63, 3.8) is 0 Å². The molecule has 0 fully saturated rings. The largest absolute Gasteiger partial charge is 0.492 e. The predicted molar refractivity (Wildman–Crippen MR) is 129 cm³/mol. The van der Waals surface area contributed by atoms with Gasteiger partial charge in [-0.1, -0.05) is 74.5 Å². The van der Waals surface area contributed by atoms with Crippen molar-refractivity contribution in [1.29, 1.82) is 0 Å². The molecule has 3 aromatic rings. The first-order valence-corrected chi connectivity index (χ1v) is 11.4. The SMILES string of the molecule is CC(C)CCOc1ccc(C(=O)NNC(=O)C(c2ccccc2)c2ccccc2)cc1Br. The van der Waals surface area contributed by atoms with Crippen molar-refractivity contribution in [2.45, 2.75) is 26.2 Å². The van der Waals surface area contributed by atoms with Gasteiger partial charge < -0.3 is 4.74 Å². The van der Waals surface area contributed by atoms with Crippen molar-refractivity contribution >= 4 is 27.7 Å². The summed E-state index contributed by atoms with van der Waals surface area (Å²) < 4.78 is 6.45. The summed E-state index contributed by atoms with van der Waals surface area (Å²) >= 11 is 3.45. The first-order valence-electron chi connectivity index (χ1n) is 10.6. The maximum absolute atomic E-state index is 13.0. The lowest BCUT2D eigenvalue weighted by atomic mass is 9.91. The number of amides is 2. The molecule has 0 saturated carbocycles. The Hall–Kier alpha value is -3.12. The summed E-state index contributed by atoms with van der Waals surface area (Å²) in [5, 5.41) is 0. The van der Waals surface area contributed by atoms with Crippen LogP contribution in [0.2, 0.25) is 0 Å². The molecular weight excluding hydrogens is 468 g/mol. The average molecular weight is 495 g/mol. The van der Waals surface area contributed by atoms with Crippen molar-refractivity contribution in [2.75, 3.05) is 6.61 Å². The summed E-state index contributed by atoms with van der Waals surface area (Å²) in [6.45, 7) is 4.89. The molecule has 3 rings (SSSR count). The van der Waals surface area contributed by atoms with Crippen LogP contribution in [0.4, 0.5) is 0 Å². The normalized spacial score (nSPS) is 10.8. The molecule has 0 unspecified atom stereocenters. The van der Waals surface area contributed by atoms with Crippen LogP contribution in [0.25, 0.3) is 0 Å². The van der Waals surface area contributed by atoms with E-state index in [0.29, 0.717) is 28.3 Å². The van der Waals surface area contributed by atoms with Crippen molar-refractivity contribution in [1.82, 2.24) is 10.9 Å². The number of benzene rings is 3. The molecule has 0 aromatic heterocycles. The standard InChI is InChI=1S/C26H27BrN2O3/c1-18(2)15-16-32-23-14-13-21(17-22(23)27)25(30)28-29-26(31)24(19-9-5-3-6-10-19)20-11-7-4-8-12-20/h3-14,17-18,24H,15-16H2,1-2H3,(H,28,30)(H,29,31). The number of ether oxygens (including phenoxy) is 1. The number of hydrogen-bond donors (Lipinski definition) is 2. The van der Waals surface area contributed by atoms with E-state index < -0.39 is 11.8 Å². The number of carbonyl (C=O) groups excluding carboxylic acids is 2. The van der Waals surface area contributed by atoms with Gasteiger partial charge in [0.1, 0.15) is 5.75 Å². The fraction of sp³-hybridized carbons (Fsp3) is 0.231. The van der Waals surface area contributed by atoms with Crippen molar-refractivity contribution in [2.24, 2.45) is 5.92 Å². The molecule has 0 aliphatic heterocycles. The van der Waals surface area contributed by atoms with E-state index in [1.807, 2.05) is 60.7 Å². The smallest absolute Gasteiger partial charge is 0.269 e. The van der Waals surface area contributed by atoms with Crippen LogP contribution in [0.3, 0.4) is 0 Å². The lowest BCUT2D eigenvalue weighted by Gasteiger charge is -2.18. The number of carbonyl (C=O) groups is 2. The molecule has 5 nitrogen and oxygen atoms in total. The lowest BCUT2D eigenvalue weighted by Crippen LogP contribution is -2.44. The number of nitrogens with one attached hydrogen (secondary N) is 2. The Balaban J connectivity index is 1.66. The van der Waals surface area contributed by atoms with Gasteiger partial charge in [-0.3, -0.25) is 20.4 Å². The molecule has 3 aromatic carbocycles. The molecule has 2 N–H and O–H groups in total. The first kappa shape index (κ1) is 23.5. The predicted octanol–water partition coefficient (Wildman–Crippen LogP) is 5.47. The lowest BCUT2D eigenvalue weighted by molar-refractivity contribution is -0.122. The Morgan fingerprint density at radius 3 is 2.00 bits per heavy atom. The molecule has 0 atom stereocenters. The quantitative estimate of drug-likeness (QED) is 0.408. The number of halogens is 1. The van der Waals surface area contributed by atoms with Crippen LogP contribution in [0.1, 0.15) is 47.7 Å². The second-order valence-electron chi connectivity index (χ2n) is 7.87. The molecule has 0 bridgehead atoms. The zero-order chi connectivity index (χ0) is 22.9. The molecule has 0 radical (unpaired) electrons. The van der Waals surface area contributed by atoms with Crippen LogP contribution >= 0.6 is 15.9 Å². The van der Waals surface area contributed by atoms with Gasteiger partial charge in [0.05, 0.1) is 17.0 Å². The van der Waals surface area contributed by atoms with E-state index in [-0.39, 0.29) is 5.91 Å². The van der Waals surface area contributed by atoms with Gasteiger partial charge >= 0.3 is 0 Å². The molecule has 32 heavy (non-hydrogen) atoms. The van der Waals surface area contributed by atoms with Crippen molar-refractivity contribution < 1.29 is 14.3 Å². The summed E-state index contributed by atoms with van der Waals surface area (Å²) in [5.74, 6) is -0.0326. The molecule has 6 heteroatoms. The van der Waals surface area contributed by atoms with E-state index in [0.717, 1.165) is 17.5 Å². The Kier molecular flexibility index (Phi) is 8.45. The third-order valence-corrected chi connectivity index (χ3v) is 5.59. The molecule has 0 aliphatic rings. The molecule has 0 heterocycles. The minimum Gasteiger partial charge on any atom is -0.492 e. The van der Waals surface area contributed by atoms with E-state index in [2.05, 4.69) is 40.6 Å². The number of hydrazine groups is 1. The van der Waals surface area contributed by atoms with E-state index in [1.54, 1.807) is 18.2 Å². The topological polar surface area (TPSA) is 67.4 Å². The van der Waals surface area contributed by atoms with E-state index in [9.17, 15) is 9.59 Å². The van der Waals surface area contributed by atoms with Crippen LogP contribution in [0.5, 0.6) is 5.75 Å².